The Morgan fingerprint density at radius 1 is 1.36 bits per heavy atom. The Hall–Kier alpha value is -1.92. The van der Waals surface area contributed by atoms with Crippen molar-refractivity contribution in [2.24, 2.45) is 0 Å². The lowest BCUT2D eigenvalue weighted by molar-refractivity contribution is 0.147. The maximum absolute atomic E-state index is 5.45. The Kier molecular flexibility index (Phi) is 4.72. The van der Waals surface area contributed by atoms with Crippen molar-refractivity contribution in [3.8, 4) is 10.4 Å². The highest BCUT2D eigenvalue weighted by molar-refractivity contribution is 7.13. The number of nitrogens with zero attached hydrogens (tertiary/aromatic N) is 3. The van der Waals surface area contributed by atoms with E-state index in [2.05, 4.69) is 29.8 Å². The Balaban J connectivity index is 1.74. The molecule has 1 aliphatic rings. The molecule has 5 nitrogen and oxygen atoms in total. The van der Waals surface area contributed by atoms with Crippen LogP contribution < -0.4 is 5.32 Å². The molecule has 0 saturated carbocycles. The first kappa shape index (κ1) is 16.5. The molecule has 0 aliphatic heterocycles. The van der Waals surface area contributed by atoms with Crippen LogP contribution in [0.5, 0.6) is 0 Å². The highest BCUT2D eigenvalue weighted by Crippen LogP contribution is 2.35. The zero-order valence-corrected chi connectivity index (χ0v) is 15.7. The van der Waals surface area contributed by atoms with Crippen molar-refractivity contribution >= 4 is 22.8 Å². The second-order valence-electron chi connectivity index (χ2n) is 6.39. The van der Waals surface area contributed by atoms with Gasteiger partial charge in [-0.1, -0.05) is 6.07 Å². The van der Waals surface area contributed by atoms with E-state index in [9.17, 15) is 0 Å². The highest BCUT2D eigenvalue weighted by Gasteiger charge is 2.24. The minimum absolute atomic E-state index is 0.775. The Bertz CT molecular complexity index is 870. The molecule has 0 radical (unpaired) electrons. The molecule has 0 aromatic carbocycles. The lowest BCUT2D eigenvalue weighted by atomic mass is 10.2. The average molecular weight is 356 g/mol. The van der Waals surface area contributed by atoms with Crippen molar-refractivity contribution in [1.82, 2.24) is 14.6 Å². The second-order valence-corrected chi connectivity index (χ2v) is 7.34. The van der Waals surface area contributed by atoms with Crippen molar-refractivity contribution in [1.29, 1.82) is 0 Å². The fourth-order valence-corrected chi connectivity index (χ4v) is 4.37. The van der Waals surface area contributed by atoms with Crippen molar-refractivity contribution < 1.29 is 4.74 Å². The number of aromatic nitrogens is 3. The largest absolute Gasteiger partial charge is 0.382 e. The topological polar surface area (TPSA) is 51.5 Å². The molecule has 25 heavy (non-hydrogen) atoms. The van der Waals surface area contributed by atoms with Gasteiger partial charge < -0.3 is 10.1 Å². The minimum Gasteiger partial charge on any atom is -0.382 e. The first-order valence-corrected chi connectivity index (χ1v) is 9.94. The Morgan fingerprint density at radius 3 is 3.08 bits per heavy atom. The van der Waals surface area contributed by atoms with Crippen molar-refractivity contribution in [2.45, 2.75) is 39.5 Å². The van der Waals surface area contributed by atoms with E-state index in [0.29, 0.717) is 0 Å². The van der Waals surface area contributed by atoms with Gasteiger partial charge in [0.05, 0.1) is 11.3 Å². The van der Waals surface area contributed by atoms with E-state index in [1.165, 1.54) is 28.1 Å². The van der Waals surface area contributed by atoms with E-state index in [4.69, 9.17) is 14.8 Å². The SMILES string of the molecule is CCOCCCNc1c2c(nc3c(-c4cccs4)c(C)nn13)CCC2. The quantitative estimate of drug-likeness (QED) is 0.648. The van der Waals surface area contributed by atoms with Crippen LogP contribution in [0.4, 0.5) is 5.82 Å². The summed E-state index contributed by atoms with van der Waals surface area (Å²) >= 11 is 1.75. The van der Waals surface area contributed by atoms with Crippen LogP contribution in [0.25, 0.3) is 16.1 Å². The first-order valence-electron chi connectivity index (χ1n) is 9.06. The lowest BCUT2D eigenvalue weighted by Gasteiger charge is -2.13. The molecule has 6 heteroatoms. The summed E-state index contributed by atoms with van der Waals surface area (Å²) in [6.07, 6.45) is 4.31. The molecule has 0 spiro atoms. The molecule has 0 saturated heterocycles. The van der Waals surface area contributed by atoms with Crippen LogP contribution >= 0.6 is 11.3 Å². The molecule has 1 aliphatic carbocycles. The standard InChI is InChI=1S/C19H24N4OS/c1-3-24-11-6-10-20-18-14-7-4-8-15(14)21-19-17(13(2)22-23(18)19)16-9-5-12-25-16/h5,9,12,20H,3-4,6-8,10-11H2,1-2H3. The summed E-state index contributed by atoms with van der Waals surface area (Å²) in [5.74, 6) is 1.12. The summed E-state index contributed by atoms with van der Waals surface area (Å²) in [4.78, 5) is 6.23. The van der Waals surface area contributed by atoms with E-state index in [-0.39, 0.29) is 0 Å². The summed E-state index contributed by atoms with van der Waals surface area (Å²) in [6.45, 7) is 6.56. The van der Waals surface area contributed by atoms with Crippen LogP contribution in [0, 0.1) is 6.92 Å². The number of rotatable bonds is 7. The second kappa shape index (κ2) is 7.14. The highest BCUT2D eigenvalue weighted by atomic mass is 32.1. The average Bonchev–Trinajstić information content (AvgIpc) is 3.32. The smallest absolute Gasteiger partial charge is 0.166 e. The van der Waals surface area contributed by atoms with Crippen LogP contribution in [-0.2, 0) is 17.6 Å². The van der Waals surface area contributed by atoms with Gasteiger partial charge in [0.2, 0.25) is 0 Å². The third-order valence-electron chi connectivity index (χ3n) is 4.69. The predicted molar refractivity (Wildman–Crippen MR) is 103 cm³/mol. The normalized spacial score (nSPS) is 13.5. The van der Waals surface area contributed by atoms with Gasteiger partial charge in [-0.15, -0.1) is 11.3 Å². The molecule has 4 rings (SSSR count). The molecule has 0 unspecified atom stereocenters. The fraction of sp³-hybridized carbons (Fsp3) is 0.474. The van der Waals surface area contributed by atoms with E-state index in [1.807, 2.05) is 11.4 Å². The summed E-state index contributed by atoms with van der Waals surface area (Å²) in [5, 5.41) is 10.6. The molecule has 132 valence electrons. The number of nitrogens with one attached hydrogen (secondary N) is 1. The molecule has 3 aromatic rings. The monoisotopic (exact) mass is 356 g/mol. The van der Waals surface area contributed by atoms with Crippen molar-refractivity contribution in [2.75, 3.05) is 25.1 Å². The molecule has 0 atom stereocenters. The van der Waals surface area contributed by atoms with Crippen LogP contribution in [0.1, 0.15) is 36.7 Å². The van der Waals surface area contributed by atoms with Crippen molar-refractivity contribution in [3.05, 3.63) is 34.5 Å². The summed E-state index contributed by atoms with van der Waals surface area (Å²) in [6, 6.07) is 4.24. The molecule has 0 fully saturated rings. The number of hydrogen-bond acceptors (Lipinski definition) is 5. The lowest BCUT2D eigenvalue weighted by Crippen LogP contribution is -2.13. The van der Waals surface area contributed by atoms with Gasteiger partial charge in [-0.25, -0.2) is 4.98 Å². The third-order valence-corrected chi connectivity index (χ3v) is 5.58. The van der Waals surface area contributed by atoms with Crippen LogP contribution in [-0.4, -0.2) is 34.4 Å². The van der Waals surface area contributed by atoms with Gasteiger partial charge in [-0.05, 0) is 51.0 Å². The number of hydrogen-bond donors (Lipinski definition) is 1. The molecule has 3 heterocycles. The summed E-state index contributed by atoms with van der Waals surface area (Å²) in [7, 11) is 0. The Morgan fingerprint density at radius 2 is 2.28 bits per heavy atom. The maximum Gasteiger partial charge on any atom is 0.166 e. The molecule has 1 N–H and O–H groups in total. The van der Waals surface area contributed by atoms with E-state index in [0.717, 1.165) is 56.2 Å². The molecule has 0 amide bonds. The molecular formula is C19H24N4OS. The van der Waals surface area contributed by atoms with Gasteiger partial charge in [-0.3, -0.25) is 0 Å². The van der Waals surface area contributed by atoms with Gasteiger partial charge >= 0.3 is 0 Å². The van der Waals surface area contributed by atoms with E-state index >= 15 is 0 Å². The predicted octanol–water partition coefficient (Wildman–Crippen LogP) is 4.09. The van der Waals surface area contributed by atoms with Gasteiger partial charge in [-0.2, -0.15) is 9.61 Å². The number of ether oxygens (including phenoxy) is 1. The van der Waals surface area contributed by atoms with Gasteiger partial charge in [0.15, 0.2) is 5.65 Å². The van der Waals surface area contributed by atoms with E-state index in [1.54, 1.807) is 11.3 Å². The number of anilines is 1. The molecular weight excluding hydrogens is 332 g/mol. The van der Waals surface area contributed by atoms with Crippen LogP contribution in [0.15, 0.2) is 17.5 Å². The molecule has 0 bridgehead atoms. The van der Waals surface area contributed by atoms with Gasteiger partial charge in [0.1, 0.15) is 5.82 Å². The van der Waals surface area contributed by atoms with Gasteiger partial charge in [0.25, 0.3) is 0 Å². The number of fused-ring (bicyclic) bond motifs is 2. The zero-order valence-electron chi connectivity index (χ0n) is 14.8. The first-order chi connectivity index (χ1) is 12.3. The number of thiophene rings is 1. The van der Waals surface area contributed by atoms with Crippen LogP contribution in [0.3, 0.4) is 0 Å². The summed E-state index contributed by atoms with van der Waals surface area (Å²) < 4.78 is 7.47. The maximum atomic E-state index is 5.45. The zero-order chi connectivity index (χ0) is 17.2. The van der Waals surface area contributed by atoms with E-state index < -0.39 is 0 Å². The van der Waals surface area contributed by atoms with Crippen LogP contribution in [0.2, 0.25) is 0 Å². The summed E-state index contributed by atoms with van der Waals surface area (Å²) in [5.41, 5.74) is 5.76. The van der Waals surface area contributed by atoms with Gasteiger partial charge in [0, 0.05) is 35.9 Å². The Labute approximate surface area is 152 Å². The van der Waals surface area contributed by atoms with Crippen molar-refractivity contribution in [3.63, 3.8) is 0 Å². The number of aryl methyl sites for hydroxylation is 2. The minimum atomic E-state index is 0.775. The third kappa shape index (κ3) is 3.04. The molecule has 3 aromatic heterocycles. The fourth-order valence-electron chi connectivity index (χ4n) is 3.55.